The number of anilines is 1. The number of aromatic nitrogens is 5. The van der Waals surface area contributed by atoms with Gasteiger partial charge in [-0.15, -0.1) is 10.2 Å². The fourth-order valence-corrected chi connectivity index (χ4v) is 3.60. The molecule has 2 atom stereocenters. The van der Waals surface area contributed by atoms with E-state index in [4.69, 9.17) is 0 Å². The molecule has 0 radical (unpaired) electrons. The molecule has 0 bridgehead atoms. The number of aromatic amines is 1. The Hall–Kier alpha value is -3.32. The molecule has 3 aromatic heterocycles. The van der Waals surface area contributed by atoms with Crippen LogP contribution in [0.1, 0.15) is 26.0 Å². The number of rotatable bonds is 7. The number of hydrogen-bond acceptors (Lipinski definition) is 6. The van der Waals surface area contributed by atoms with Gasteiger partial charge in [-0.1, -0.05) is 25.1 Å². The van der Waals surface area contributed by atoms with Gasteiger partial charge in [0, 0.05) is 34.8 Å². The number of pyridine rings is 1. The van der Waals surface area contributed by atoms with Crippen molar-refractivity contribution in [3.8, 4) is 11.3 Å². The van der Waals surface area contributed by atoms with Crippen molar-refractivity contribution in [3.05, 3.63) is 66.6 Å². The van der Waals surface area contributed by atoms with Crippen LogP contribution in [0.3, 0.4) is 0 Å². The molecule has 0 unspecified atom stereocenters. The lowest BCUT2D eigenvalue weighted by Gasteiger charge is -2.30. The monoisotopic (exact) mass is 388 g/mol. The summed E-state index contributed by atoms with van der Waals surface area (Å²) in [6, 6.07) is 15.7. The van der Waals surface area contributed by atoms with E-state index in [0.717, 1.165) is 27.9 Å². The van der Waals surface area contributed by atoms with Gasteiger partial charge in [0.1, 0.15) is 5.82 Å². The molecule has 7 nitrogen and oxygen atoms in total. The third kappa shape index (κ3) is 4.25. The highest BCUT2D eigenvalue weighted by molar-refractivity contribution is 5.83. The zero-order valence-corrected chi connectivity index (χ0v) is 16.5. The summed E-state index contributed by atoms with van der Waals surface area (Å²) in [7, 11) is 0. The zero-order valence-electron chi connectivity index (χ0n) is 16.5. The van der Waals surface area contributed by atoms with E-state index >= 15 is 0 Å². The molecule has 3 heterocycles. The van der Waals surface area contributed by atoms with Gasteiger partial charge in [0.05, 0.1) is 23.5 Å². The van der Waals surface area contributed by atoms with Crippen LogP contribution in [0.5, 0.6) is 0 Å². The van der Waals surface area contributed by atoms with Crippen molar-refractivity contribution in [1.82, 2.24) is 25.4 Å². The Morgan fingerprint density at radius 3 is 2.76 bits per heavy atom. The van der Waals surface area contributed by atoms with E-state index in [9.17, 15) is 5.11 Å². The molecule has 0 amide bonds. The summed E-state index contributed by atoms with van der Waals surface area (Å²) >= 11 is 0. The van der Waals surface area contributed by atoms with Crippen molar-refractivity contribution in [2.24, 2.45) is 0 Å². The first-order valence-electron chi connectivity index (χ1n) is 9.64. The minimum Gasteiger partial charge on any atom is -0.393 e. The molecule has 29 heavy (non-hydrogen) atoms. The van der Waals surface area contributed by atoms with Gasteiger partial charge >= 0.3 is 0 Å². The Bertz CT molecular complexity index is 1080. The second kappa shape index (κ2) is 7.97. The highest BCUT2D eigenvalue weighted by Crippen LogP contribution is 2.28. The van der Waals surface area contributed by atoms with Crippen molar-refractivity contribution in [2.45, 2.75) is 31.8 Å². The van der Waals surface area contributed by atoms with Crippen LogP contribution in [0.25, 0.3) is 22.2 Å². The topological polar surface area (TPSA) is 99.6 Å². The minimum atomic E-state index is -0.435. The lowest BCUT2D eigenvalue weighted by Crippen LogP contribution is -2.35. The molecule has 1 aromatic carbocycles. The SMILES string of the molecule is C[C@@H](O)C[C@](C)(CNc1ccc(-c2ccc3cn[nH]c3c2)nn1)c1ccccn1. The molecule has 4 rings (SSSR count). The highest BCUT2D eigenvalue weighted by atomic mass is 16.3. The third-order valence-electron chi connectivity index (χ3n) is 5.09. The normalized spacial score (nSPS) is 14.4. The molecular formula is C22H24N6O. The first-order valence-corrected chi connectivity index (χ1v) is 9.64. The number of benzene rings is 1. The Kier molecular flexibility index (Phi) is 5.22. The molecule has 0 aliphatic rings. The van der Waals surface area contributed by atoms with E-state index in [0.29, 0.717) is 18.8 Å². The number of aliphatic hydroxyl groups excluding tert-OH is 1. The summed E-state index contributed by atoms with van der Waals surface area (Å²) in [5.74, 6) is 0.684. The second-order valence-corrected chi connectivity index (χ2v) is 7.66. The fourth-order valence-electron chi connectivity index (χ4n) is 3.60. The zero-order chi connectivity index (χ0) is 20.3. The van der Waals surface area contributed by atoms with Crippen LogP contribution in [-0.4, -0.2) is 43.1 Å². The molecule has 4 aromatic rings. The summed E-state index contributed by atoms with van der Waals surface area (Å²) in [5, 5.41) is 30.1. The van der Waals surface area contributed by atoms with Gasteiger partial charge in [-0.05, 0) is 43.7 Å². The molecule has 0 spiro atoms. The second-order valence-electron chi connectivity index (χ2n) is 7.66. The smallest absolute Gasteiger partial charge is 0.148 e. The lowest BCUT2D eigenvalue weighted by atomic mass is 9.81. The molecule has 3 N–H and O–H groups in total. The van der Waals surface area contributed by atoms with Gasteiger partial charge in [-0.2, -0.15) is 5.10 Å². The van der Waals surface area contributed by atoms with E-state index in [1.807, 2.05) is 48.5 Å². The lowest BCUT2D eigenvalue weighted by molar-refractivity contribution is 0.153. The van der Waals surface area contributed by atoms with Crippen LogP contribution in [0.2, 0.25) is 0 Å². The Balaban J connectivity index is 1.50. The first kappa shape index (κ1) is 19.0. The largest absolute Gasteiger partial charge is 0.393 e. The standard InChI is InChI=1S/C22H24N6O/c1-15(29)12-22(2,20-5-3-4-10-23-20)14-24-21-9-8-18(27-28-21)16-6-7-17-13-25-26-19(17)11-16/h3-11,13,15,29H,12,14H2,1-2H3,(H,24,28)(H,25,26)/t15-,22-/m1/s1. The number of H-pyrrole nitrogens is 1. The van der Waals surface area contributed by atoms with Crippen LogP contribution in [0.4, 0.5) is 5.82 Å². The highest BCUT2D eigenvalue weighted by Gasteiger charge is 2.29. The summed E-state index contributed by atoms with van der Waals surface area (Å²) in [6.45, 7) is 4.48. The number of hydrogen-bond donors (Lipinski definition) is 3. The maximum atomic E-state index is 9.98. The van der Waals surface area contributed by atoms with Gasteiger partial charge in [-0.25, -0.2) is 0 Å². The molecular weight excluding hydrogens is 364 g/mol. The quantitative estimate of drug-likeness (QED) is 0.448. The van der Waals surface area contributed by atoms with Gasteiger partial charge in [0.25, 0.3) is 0 Å². The van der Waals surface area contributed by atoms with E-state index in [1.54, 1.807) is 19.3 Å². The molecule has 0 aliphatic carbocycles. The molecule has 0 fully saturated rings. The van der Waals surface area contributed by atoms with E-state index < -0.39 is 6.10 Å². The van der Waals surface area contributed by atoms with Crippen LogP contribution in [0, 0.1) is 0 Å². The number of nitrogens with zero attached hydrogens (tertiary/aromatic N) is 4. The Morgan fingerprint density at radius 2 is 2.03 bits per heavy atom. The maximum absolute atomic E-state index is 9.98. The number of nitrogens with one attached hydrogen (secondary N) is 2. The summed E-state index contributed by atoms with van der Waals surface area (Å²) in [4.78, 5) is 4.50. The van der Waals surface area contributed by atoms with Crippen molar-refractivity contribution in [1.29, 1.82) is 0 Å². The summed E-state index contributed by atoms with van der Waals surface area (Å²) in [6.07, 6.45) is 3.73. The fraction of sp³-hybridized carbons (Fsp3) is 0.273. The average Bonchev–Trinajstić information content (AvgIpc) is 3.21. The summed E-state index contributed by atoms with van der Waals surface area (Å²) in [5.41, 5.74) is 3.35. The van der Waals surface area contributed by atoms with E-state index in [-0.39, 0.29) is 5.41 Å². The van der Waals surface area contributed by atoms with E-state index in [2.05, 4.69) is 37.6 Å². The predicted molar refractivity (Wildman–Crippen MR) is 113 cm³/mol. The van der Waals surface area contributed by atoms with Crippen LogP contribution in [-0.2, 0) is 5.41 Å². The minimum absolute atomic E-state index is 0.332. The maximum Gasteiger partial charge on any atom is 0.148 e. The molecule has 148 valence electrons. The molecule has 0 aliphatic heterocycles. The third-order valence-corrected chi connectivity index (χ3v) is 5.09. The Morgan fingerprint density at radius 1 is 1.14 bits per heavy atom. The van der Waals surface area contributed by atoms with Crippen LogP contribution in [0.15, 0.2) is 60.9 Å². The molecule has 0 saturated heterocycles. The van der Waals surface area contributed by atoms with Crippen LogP contribution < -0.4 is 5.32 Å². The van der Waals surface area contributed by atoms with Crippen molar-refractivity contribution in [3.63, 3.8) is 0 Å². The summed E-state index contributed by atoms with van der Waals surface area (Å²) < 4.78 is 0. The van der Waals surface area contributed by atoms with Gasteiger partial charge in [-0.3, -0.25) is 10.1 Å². The van der Waals surface area contributed by atoms with Gasteiger partial charge in [0.15, 0.2) is 0 Å². The number of fused-ring (bicyclic) bond motifs is 1. The average molecular weight is 388 g/mol. The number of aliphatic hydroxyl groups is 1. The van der Waals surface area contributed by atoms with E-state index in [1.165, 1.54) is 0 Å². The first-order chi connectivity index (χ1) is 14.0. The van der Waals surface area contributed by atoms with Crippen molar-refractivity contribution < 1.29 is 5.11 Å². The van der Waals surface area contributed by atoms with Crippen LogP contribution >= 0.6 is 0 Å². The van der Waals surface area contributed by atoms with Gasteiger partial charge < -0.3 is 10.4 Å². The Labute approximate surface area is 169 Å². The predicted octanol–water partition coefficient (Wildman–Crippen LogP) is 3.56. The van der Waals surface area contributed by atoms with Crippen molar-refractivity contribution in [2.75, 3.05) is 11.9 Å². The molecule has 0 saturated carbocycles. The molecule has 7 heteroatoms. The van der Waals surface area contributed by atoms with Crippen molar-refractivity contribution >= 4 is 16.7 Å². The van der Waals surface area contributed by atoms with Gasteiger partial charge in [0.2, 0.25) is 0 Å².